The second kappa shape index (κ2) is 12.1. The van der Waals surface area contributed by atoms with Gasteiger partial charge in [0, 0.05) is 37.8 Å². The Morgan fingerprint density at radius 1 is 0.842 bits per heavy atom. The number of carbonyl (C=O) groups is 1. The Balaban J connectivity index is 1.45. The number of phenolic OH excluding ortho intramolecular Hbond substituents is 1. The Labute approximate surface area is 224 Å². The average molecular weight is 507 g/mol. The number of ketones is 1. The first-order valence-electron chi connectivity index (χ1n) is 13.2. The fourth-order valence-electron chi connectivity index (χ4n) is 5.39. The van der Waals surface area contributed by atoms with Gasteiger partial charge in [0.15, 0.2) is 5.78 Å². The van der Waals surface area contributed by atoms with Crippen molar-refractivity contribution in [3.8, 4) is 17.2 Å². The average Bonchev–Trinajstić information content (AvgIpc) is 2.93. The van der Waals surface area contributed by atoms with Gasteiger partial charge in [0.25, 0.3) is 0 Å². The van der Waals surface area contributed by atoms with Crippen LogP contribution in [0.5, 0.6) is 17.2 Å². The molecule has 194 valence electrons. The van der Waals surface area contributed by atoms with Crippen molar-refractivity contribution in [3.05, 3.63) is 126 Å². The minimum atomic E-state index is -0.420. The molecule has 0 bridgehead atoms. The lowest BCUT2D eigenvalue weighted by molar-refractivity contribution is -0.124. The van der Waals surface area contributed by atoms with Crippen molar-refractivity contribution < 1.29 is 14.6 Å². The van der Waals surface area contributed by atoms with E-state index >= 15 is 0 Å². The minimum Gasteiger partial charge on any atom is -0.508 e. The van der Waals surface area contributed by atoms with Crippen LogP contribution in [0, 0.1) is 0 Å². The molecule has 1 saturated heterocycles. The van der Waals surface area contributed by atoms with Gasteiger partial charge in [0.05, 0.1) is 6.04 Å². The van der Waals surface area contributed by atoms with E-state index in [-0.39, 0.29) is 17.6 Å². The predicted molar refractivity (Wildman–Crippen MR) is 150 cm³/mol. The van der Waals surface area contributed by atoms with Crippen LogP contribution in [0.3, 0.4) is 0 Å². The highest BCUT2D eigenvalue weighted by atomic mass is 16.5. The summed E-state index contributed by atoms with van der Waals surface area (Å²) in [6.07, 6.45) is 0.775. The van der Waals surface area contributed by atoms with Gasteiger partial charge in [-0.2, -0.15) is 0 Å². The number of hydrogen-bond acceptors (Lipinski definition) is 5. The van der Waals surface area contributed by atoms with Gasteiger partial charge in [-0.1, -0.05) is 78.9 Å². The number of nitrogens with zero attached hydrogens (tertiary/aromatic N) is 2. The van der Waals surface area contributed by atoms with Crippen LogP contribution in [0.2, 0.25) is 0 Å². The van der Waals surface area contributed by atoms with Crippen LogP contribution in [-0.2, 0) is 17.8 Å². The summed E-state index contributed by atoms with van der Waals surface area (Å²) in [6.45, 7) is 5.02. The summed E-state index contributed by atoms with van der Waals surface area (Å²) < 4.78 is 6.28. The number of Topliss-reactive ketones (excluding diaryl/α,β-unsaturated/α-hetero) is 1. The van der Waals surface area contributed by atoms with Gasteiger partial charge >= 0.3 is 0 Å². The Morgan fingerprint density at radius 3 is 2.21 bits per heavy atom. The summed E-state index contributed by atoms with van der Waals surface area (Å²) in [4.78, 5) is 18.1. The standard InChI is InChI=1S/C33H34N2O3/c1-25(36)33(31-14-8-9-15-32(31)38-30-12-6-3-7-13-30)35-21-20-34(23-27-10-4-2-5-11-27)24-28(35)22-26-16-18-29(37)19-17-26/h2-19,28,33,37H,20-24H2,1H3/t28?,33-/m0/s1. The van der Waals surface area contributed by atoms with Gasteiger partial charge < -0.3 is 9.84 Å². The van der Waals surface area contributed by atoms with Gasteiger partial charge in [-0.05, 0) is 54.8 Å². The van der Waals surface area contributed by atoms with Gasteiger partial charge in [0.2, 0.25) is 0 Å². The number of piperazine rings is 1. The topological polar surface area (TPSA) is 53.0 Å². The molecule has 5 heteroatoms. The van der Waals surface area contributed by atoms with Crippen LogP contribution in [0.25, 0.3) is 0 Å². The van der Waals surface area contributed by atoms with E-state index in [2.05, 4.69) is 34.1 Å². The lowest BCUT2D eigenvalue weighted by Crippen LogP contribution is -2.55. The summed E-state index contributed by atoms with van der Waals surface area (Å²) in [5.74, 6) is 1.81. The van der Waals surface area contributed by atoms with Crippen LogP contribution in [0.15, 0.2) is 109 Å². The highest BCUT2D eigenvalue weighted by Gasteiger charge is 2.36. The van der Waals surface area contributed by atoms with Crippen molar-refractivity contribution in [2.45, 2.75) is 32.0 Å². The lowest BCUT2D eigenvalue weighted by atomic mass is 9.94. The highest BCUT2D eigenvalue weighted by Crippen LogP contribution is 2.36. The molecule has 1 aliphatic rings. The van der Waals surface area contributed by atoms with E-state index in [1.807, 2.05) is 72.8 Å². The Bertz CT molecular complexity index is 1330. The zero-order valence-corrected chi connectivity index (χ0v) is 21.7. The number of para-hydroxylation sites is 2. The Kier molecular flexibility index (Phi) is 8.17. The van der Waals surface area contributed by atoms with Crippen molar-refractivity contribution in [2.24, 2.45) is 0 Å². The molecule has 2 atom stereocenters. The van der Waals surface area contributed by atoms with Crippen LogP contribution in [0.4, 0.5) is 0 Å². The van der Waals surface area contributed by atoms with E-state index in [4.69, 9.17) is 4.74 Å². The van der Waals surface area contributed by atoms with Crippen LogP contribution < -0.4 is 4.74 Å². The van der Waals surface area contributed by atoms with E-state index in [9.17, 15) is 9.90 Å². The minimum absolute atomic E-state index is 0.0985. The van der Waals surface area contributed by atoms with Gasteiger partial charge in [-0.15, -0.1) is 0 Å². The van der Waals surface area contributed by atoms with E-state index in [0.29, 0.717) is 5.75 Å². The summed E-state index contributed by atoms with van der Waals surface area (Å²) in [5, 5.41) is 9.80. The summed E-state index contributed by atoms with van der Waals surface area (Å²) >= 11 is 0. The normalized spacial score (nSPS) is 17.1. The molecule has 5 rings (SSSR count). The predicted octanol–water partition coefficient (Wildman–Crippen LogP) is 6.24. The summed E-state index contributed by atoms with van der Waals surface area (Å²) in [6, 6.07) is 35.2. The first-order chi connectivity index (χ1) is 18.6. The number of hydrogen-bond donors (Lipinski definition) is 1. The number of ether oxygens (including phenoxy) is 1. The highest BCUT2D eigenvalue weighted by molar-refractivity contribution is 5.84. The van der Waals surface area contributed by atoms with Crippen LogP contribution >= 0.6 is 0 Å². The Hall–Kier alpha value is -3.93. The maximum absolute atomic E-state index is 13.3. The second-order valence-corrected chi connectivity index (χ2v) is 9.95. The number of aromatic hydroxyl groups is 1. The third-order valence-electron chi connectivity index (χ3n) is 7.17. The molecule has 38 heavy (non-hydrogen) atoms. The number of phenols is 1. The van der Waals surface area contributed by atoms with Crippen molar-refractivity contribution in [2.75, 3.05) is 19.6 Å². The number of carbonyl (C=O) groups excluding carboxylic acids is 1. The molecule has 0 aliphatic carbocycles. The third kappa shape index (κ3) is 6.31. The lowest BCUT2D eigenvalue weighted by Gasteiger charge is -2.45. The van der Waals surface area contributed by atoms with E-state index < -0.39 is 6.04 Å². The SMILES string of the molecule is CC(=O)[C@@H](c1ccccc1Oc1ccccc1)N1CCN(Cc2ccccc2)CC1Cc1ccc(O)cc1. The largest absolute Gasteiger partial charge is 0.508 e. The zero-order chi connectivity index (χ0) is 26.3. The molecule has 0 amide bonds. The smallest absolute Gasteiger partial charge is 0.151 e. The van der Waals surface area contributed by atoms with Gasteiger partial charge in [-0.3, -0.25) is 14.6 Å². The fraction of sp³-hybridized carbons (Fsp3) is 0.242. The molecular formula is C33H34N2O3. The first kappa shape index (κ1) is 25.7. The summed E-state index contributed by atoms with van der Waals surface area (Å²) in [7, 11) is 0. The molecule has 0 radical (unpaired) electrons. The molecular weight excluding hydrogens is 472 g/mol. The maximum Gasteiger partial charge on any atom is 0.151 e. The third-order valence-corrected chi connectivity index (χ3v) is 7.17. The van der Waals surface area contributed by atoms with Crippen molar-refractivity contribution >= 4 is 5.78 Å². The Morgan fingerprint density at radius 2 is 1.50 bits per heavy atom. The van der Waals surface area contributed by atoms with E-state index in [1.165, 1.54) is 5.56 Å². The van der Waals surface area contributed by atoms with Crippen LogP contribution in [0.1, 0.15) is 29.7 Å². The monoisotopic (exact) mass is 506 g/mol. The second-order valence-electron chi connectivity index (χ2n) is 9.95. The molecule has 4 aromatic carbocycles. The first-order valence-corrected chi connectivity index (χ1v) is 13.2. The molecule has 0 aromatic heterocycles. The van der Waals surface area contributed by atoms with Gasteiger partial charge in [-0.25, -0.2) is 0 Å². The van der Waals surface area contributed by atoms with Crippen molar-refractivity contribution in [1.29, 1.82) is 0 Å². The molecule has 1 aliphatic heterocycles. The molecule has 5 nitrogen and oxygen atoms in total. The molecule has 1 heterocycles. The fourth-order valence-corrected chi connectivity index (χ4v) is 5.39. The molecule has 4 aromatic rings. The number of rotatable bonds is 9. The van der Waals surface area contributed by atoms with Crippen molar-refractivity contribution in [3.63, 3.8) is 0 Å². The molecule has 0 saturated carbocycles. The molecule has 1 fully saturated rings. The maximum atomic E-state index is 13.3. The summed E-state index contributed by atoms with van der Waals surface area (Å²) in [5.41, 5.74) is 3.31. The zero-order valence-electron chi connectivity index (χ0n) is 21.7. The molecule has 0 spiro atoms. The number of benzene rings is 4. The van der Waals surface area contributed by atoms with Gasteiger partial charge in [0.1, 0.15) is 17.2 Å². The van der Waals surface area contributed by atoms with E-state index in [1.54, 1.807) is 19.1 Å². The quantitative estimate of drug-likeness (QED) is 0.291. The van der Waals surface area contributed by atoms with Crippen LogP contribution in [-0.4, -0.2) is 46.4 Å². The molecule has 1 N–H and O–H groups in total. The van der Waals surface area contributed by atoms with E-state index in [0.717, 1.165) is 49.5 Å². The van der Waals surface area contributed by atoms with Crippen molar-refractivity contribution in [1.82, 2.24) is 9.80 Å². The molecule has 1 unspecified atom stereocenters.